The van der Waals surface area contributed by atoms with E-state index in [0.717, 1.165) is 77.6 Å². The smallest absolute Gasteiger partial charge is 0.306 e. The highest BCUT2D eigenvalue weighted by molar-refractivity contribution is 5.69. The van der Waals surface area contributed by atoms with Crippen LogP contribution in [0.1, 0.15) is 207 Å². The van der Waals surface area contributed by atoms with Gasteiger partial charge in [-0.15, -0.1) is 0 Å². The lowest BCUT2D eigenvalue weighted by molar-refractivity contribution is -0.150. The molecule has 0 fully saturated rings. The Morgan fingerprint density at radius 3 is 1.45 bits per heavy atom. The van der Waals surface area contributed by atoms with Gasteiger partial charge in [0.15, 0.2) is 0 Å². The van der Waals surface area contributed by atoms with Crippen molar-refractivity contribution >= 4 is 11.9 Å². The summed E-state index contributed by atoms with van der Waals surface area (Å²) in [5.74, 6) is 0.00603. The first-order chi connectivity index (χ1) is 23.1. The van der Waals surface area contributed by atoms with Gasteiger partial charge in [0.25, 0.3) is 0 Å². The Hall–Kier alpha value is -1.14. The van der Waals surface area contributed by atoms with Crippen LogP contribution in [-0.4, -0.2) is 62.9 Å². The van der Waals surface area contributed by atoms with Gasteiger partial charge in [0.05, 0.1) is 6.61 Å². The van der Waals surface area contributed by atoms with Gasteiger partial charge in [0.1, 0.15) is 6.10 Å². The predicted octanol–water partition coefficient (Wildman–Crippen LogP) is 11.8. The Morgan fingerprint density at radius 2 is 0.894 bits per heavy atom. The Bertz CT molecular complexity index is 658. The zero-order valence-electron chi connectivity index (χ0n) is 32.1. The Labute approximate surface area is 293 Å². The Morgan fingerprint density at radius 1 is 0.468 bits per heavy atom. The van der Waals surface area contributed by atoms with Crippen LogP contribution in [0.25, 0.3) is 0 Å². The van der Waals surface area contributed by atoms with E-state index < -0.39 is 0 Å². The van der Waals surface area contributed by atoms with Crippen molar-refractivity contribution in [3.05, 3.63) is 0 Å². The monoisotopic (exact) mass is 668 g/mol. The lowest BCUT2D eigenvalue weighted by atomic mass is 10.0. The molecule has 6 nitrogen and oxygen atoms in total. The molecule has 0 radical (unpaired) electrons. The molecule has 0 N–H and O–H groups in total. The molecule has 1 unspecified atom stereocenters. The summed E-state index contributed by atoms with van der Waals surface area (Å²) in [4.78, 5) is 27.1. The molecule has 0 aliphatic rings. The third kappa shape index (κ3) is 34.5. The zero-order chi connectivity index (χ0) is 34.5. The summed E-state index contributed by atoms with van der Waals surface area (Å²) in [5, 5.41) is 0. The maximum atomic E-state index is 12.6. The fourth-order valence-electron chi connectivity index (χ4n) is 6.28. The van der Waals surface area contributed by atoms with Crippen LogP contribution < -0.4 is 0 Å². The lowest BCUT2D eigenvalue weighted by Gasteiger charge is -2.22. The second-order valence-corrected chi connectivity index (χ2v) is 14.0. The van der Waals surface area contributed by atoms with E-state index in [1.807, 2.05) is 0 Å². The molecular weight excluding hydrogens is 586 g/mol. The number of esters is 2. The van der Waals surface area contributed by atoms with E-state index in [2.05, 4.69) is 25.7 Å². The van der Waals surface area contributed by atoms with Crippen LogP contribution in [0.3, 0.4) is 0 Å². The summed E-state index contributed by atoms with van der Waals surface area (Å²) < 4.78 is 16.7. The number of rotatable bonds is 38. The summed E-state index contributed by atoms with van der Waals surface area (Å²) in [5.41, 5.74) is 0. The van der Waals surface area contributed by atoms with Crippen molar-refractivity contribution in [1.29, 1.82) is 0 Å². The minimum atomic E-state index is -0.0185. The number of hydrogen-bond donors (Lipinski definition) is 0. The van der Waals surface area contributed by atoms with Crippen molar-refractivity contribution in [2.24, 2.45) is 0 Å². The van der Waals surface area contributed by atoms with Gasteiger partial charge >= 0.3 is 11.9 Å². The van der Waals surface area contributed by atoms with Gasteiger partial charge in [-0.1, -0.05) is 130 Å². The van der Waals surface area contributed by atoms with E-state index in [0.29, 0.717) is 19.4 Å². The highest BCUT2D eigenvalue weighted by atomic mass is 16.5. The molecule has 0 aliphatic heterocycles. The molecule has 0 spiro atoms. The molecule has 280 valence electrons. The number of methoxy groups -OCH3 is 1. The van der Waals surface area contributed by atoms with E-state index in [-0.39, 0.29) is 18.0 Å². The lowest BCUT2D eigenvalue weighted by Crippen LogP contribution is -2.28. The predicted molar refractivity (Wildman–Crippen MR) is 200 cm³/mol. The molecule has 1 atom stereocenters. The molecule has 0 aromatic heterocycles. The highest BCUT2D eigenvalue weighted by Gasteiger charge is 2.14. The molecule has 0 aromatic carbocycles. The molecule has 0 heterocycles. The van der Waals surface area contributed by atoms with E-state index in [1.54, 1.807) is 7.11 Å². The summed E-state index contributed by atoms with van der Waals surface area (Å²) in [7, 11) is 1.78. The average Bonchev–Trinajstić information content (AvgIpc) is 3.06. The number of carbonyl (C=O) groups is 2. The first kappa shape index (κ1) is 45.9. The zero-order valence-corrected chi connectivity index (χ0v) is 32.1. The van der Waals surface area contributed by atoms with E-state index >= 15 is 0 Å². The van der Waals surface area contributed by atoms with Crippen molar-refractivity contribution in [2.75, 3.05) is 40.0 Å². The third-order valence-electron chi connectivity index (χ3n) is 9.35. The van der Waals surface area contributed by atoms with Crippen molar-refractivity contribution in [3.8, 4) is 0 Å². The Kier molecular flexibility index (Phi) is 36.8. The van der Waals surface area contributed by atoms with E-state index in [9.17, 15) is 9.59 Å². The number of hydrogen-bond acceptors (Lipinski definition) is 6. The molecule has 0 aromatic rings. The average molecular weight is 668 g/mol. The largest absolute Gasteiger partial charge is 0.466 e. The standard InChI is InChI=1S/C41H81NO5/c1-5-8-11-16-23-31-39(30-22-13-10-7-3)47-41(44)33-25-18-15-20-27-35-42(36-29-37-45-4)34-26-19-14-17-24-32-40(43)46-38-28-21-12-9-6-2/h39H,5-38H2,1-4H3. The quantitative estimate of drug-likeness (QED) is 0.0482. The van der Waals surface area contributed by atoms with Gasteiger partial charge in [-0.3, -0.25) is 9.59 Å². The molecular formula is C41H81NO5. The van der Waals surface area contributed by atoms with Gasteiger partial charge in [0, 0.05) is 33.1 Å². The maximum absolute atomic E-state index is 12.6. The van der Waals surface area contributed by atoms with Crippen LogP contribution in [-0.2, 0) is 23.8 Å². The van der Waals surface area contributed by atoms with Gasteiger partial charge in [-0.25, -0.2) is 0 Å². The van der Waals surface area contributed by atoms with Gasteiger partial charge in [0.2, 0.25) is 0 Å². The molecule has 0 saturated carbocycles. The van der Waals surface area contributed by atoms with E-state index in [4.69, 9.17) is 14.2 Å². The summed E-state index contributed by atoms with van der Waals surface area (Å²) in [6.07, 6.45) is 33.1. The van der Waals surface area contributed by atoms with Crippen LogP contribution in [0.4, 0.5) is 0 Å². The topological polar surface area (TPSA) is 65.1 Å². The second-order valence-electron chi connectivity index (χ2n) is 14.0. The van der Waals surface area contributed by atoms with Crippen LogP contribution in [0.15, 0.2) is 0 Å². The first-order valence-corrected chi connectivity index (χ1v) is 20.6. The highest BCUT2D eigenvalue weighted by Crippen LogP contribution is 2.18. The maximum Gasteiger partial charge on any atom is 0.306 e. The Balaban J connectivity index is 4.05. The van der Waals surface area contributed by atoms with Gasteiger partial charge in [-0.05, 0) is 77.3 Å². The molecule has 0 aliphatic carbocycles. The molecule has 0 rings (SSSR count). The summed E-state index contributed by atoms with van der Waals surface area (Å²) >= 11 is 0. The van der Waals surface area contributed by atoms with Gasteiger partial charge in [-0.2, -0.15) is 0 Å². The molecule has 6 heteroatoms. The third-order valence-corrected chi connectivity index (χ3v) is 9.35. The number of nitrogens with zero attached hydrogens (tertiary/aromatic N) is 1. The number of ether oxygens (including phenoxy) is 3. The normalized spacial score (nSPS) is 12.1. The number of unbranched alkanes of at least 4 members (excludes halogenated alkanes) is 19. The SMILES string of the molecule is CCCCCCCOC(=O)CCCCCCCN(CCCCCCCC(=O)OC(CCCCCC)CCCCCCC)CCCOC. The molecule has 47 heavy (non-hydrogen) atoms. The van der Waals surface area contributed by atoms with Crippen molar-refractivity contribution in [2.45, 2.75) is 213 Å². The van der Waals surface area contributed by atoms with Crippen LogP contribution in [0, 0.1) is 0 Å². The molecule has 0 amide bonds. The number of carbonyl (C=O) groups excluding carboxylic acids is 2. The van der Waals surface area contributed by atoms with Crippen LogP contribution in [0.5, 0.6) is 0 Å². The second kappa shape index (κ2) is 37.7. The fourth-order valence-corrected chi connectivity index (χ4v) is 6.28. The molecule has 0 bridgehead atoms. The van der Waals surface area contributed by atoms with Crippen molar-refractivity contribution in [3.63, 3.8) is 0 Å². The van der Waals surface area contributed by atoms with Crippen LogP contribution >= 0.6 is 0 Å². The minimum absolute atomic E-state index is 0.0185. The van der Waals surface area contributed by atoms with Gasteiger partial charge < -0.3 is 19.1 Å². The van der Waals surface area contributed by atoms with Crippen molar-refractivity contribution in [1.82, 2.24) is 4.90 Å². The fraction of sp³-hybridized carbons (Fsp3) is 0.951. The van der Waals surface area contributed by atoms with Crippen molar-refractivity contribution < 1.29 is 23.8 Å². The molecule has 0 saturated heterocycles. The summed E-state index contributed by atoms with van der Waals surface area (Å²) in [6, 6.07) is 0. The summed E-state index contributed by atoms with van der Waals surface area (Å²) in [6.45, 7) is 11.5. The van der Waals surface area contributed by atoms with Crippen LogP contribution in [0.2, 0.25) is 0 Å². The minimum Gasteiger partial charge on any atom is -0.466 e. The van der Waals surface area contributed by atoms with E-state index in [1.165, 1.54) is 122 Å². The first-order valence-electron chi connectivity index (χ1n) is 20.6.